The minimum Gasteiger partial charge on any atom is -0.385 e. The SMILES string of the molecule is CC(O)(CCN1C(=O)c2ccccc2C1=O)c1ccc(-c2ccc(F)cc2)cc1. The van der Waals surface area contributed by atoms with Gasteiger partial charge < -0.3 is 5.11 Å². The van der Waals surface area contributed by atoms with Crippen LogP contribution < -0.4 is 0 Å². The molecule has 1 aliphatic rings. The van der Waals surface area contributed by atoms with Crippen LogP contribution in [0.15, 0.2) is 72.8 Å². The molecule has 0 bridgehead atoms. The Kier molecular flexibility index (Phi) is 4.76. The van der Waals surface area contributed by atoms with Crippen molar-refractivity contribution in [2.45, 2.75) is 18.9 Å². The molecule has 3 aromatic rings. The summed E-state index contributed by atoms with van der Waals surface area (Å²) in [4.78, 5) is 26.2. The number of halogens is 1. The number of imide groups is 1. The first-order chi connectivity index (χ1) is 13.9. The van der Waals surface area contributed by atoms with Crippen LogP contribution in [-0.4, -0.2) is 28.4 Å². The van der Waals surface area contributed by atoms with Crippen molar-refractivity contribution in [1.29, 1.82) is 0 Å². The maximum absolute atomic E-state index is 13.1. The topological polar surface area (TPSA) is 57.6 Å². The highest BCUT2D eigenvalue weighted by atomic mass is 19.1. The van der Waals surface area contributed by atoms with Gasteiger partial charge in [0.15, 0.2) is 0 Å². The Labute approximate surface area is 168 Å². The molecule has 0 spiro atoms. The summed E-state index contributed by atoms with van der Waals surface area (Å²) in [6.07, 6.45) is 0.217. The molecule has 1 atom stereocenters. The number of aliphatic hydroxyl groups is 1. The Morgan fingerprint density at radius 1 is 0.828 bits per heavy atom. The fourth-order valence-electron chi connectivity index (χ4n) is 3.58. The predicted octanol–water partition coefficient (Wildman–Crippen LogP) is 4.39. The molecule has 0 saturated heterocycles. The van der Waals surface area contributed by atoms with Crippen molar-refractivity contribution in [1.82, 2.24) is 4.90 Å². The molecular formula is C24H20FNO3. The average molecular weight is 389 g/mol. The van der Waals surface area contributed by atoms with Crippen molar-refractivity contribution >= 4 is 11.8 Å². The molecule has 1 heterocycles. The number of nitrogens with zero attached hydrogens (tertiary/aromatic N) is 1. The lowest BCUT2D eigenvalue weighted by Crippen LogP contribution is -2.35. The van der Waals surface area contributed by atoms with Crippen LogP contribution in [0, 0.1) is 5.82 Å². The molecule has 1 unspecified atom stereocenters. The number of hydrogen-bond acceptors (Lipinski definition) is 3. The van der Waals surface area contributed by atoms with Gasteiger partial charge in [-0.25, -0.2) is 4.39 Å². The average Bonchev–Trinajstić information content (AvgIpc) is 2.98. The van der Waals surface area contributed by atoms with E-state index < -0.39 is 5.60 Å². The molecular weight excluding hydrogens is 369 g/mol. The monoisotopic (exact) mass is 389 g/mol. The van der Waals surface area contributed by atoms with E-state index in [0.29, 0.717) is 16.7 Å². The number of carbonyl (C=O) groups is 2. The zero-order chi connectivity index (χ0) is 20.6. The molecule has 5 heteroatoms. The molecule has 0 aromatic heterocycles. The highest BCUT2D eigenvalue weighted by molar-refractivity contribution is 6.21. The number of fused-ring (bicyclic) bond motifs is 1. The molecule has 1 aliphatic heterocycles. The van der Waals surface area contributed by atoms with Crippen LogP contribution in [0.4, 0.5) is 4.39 Å². The van der Waals surface area contributed by atoms with Crippen molar-refractivity contribution in [3.8, 4) is 11.1 Å². The van der Waals surface area contributed by atoms with Gasteiger partial charge in [-0.3, -0.25) is 14.5 Å². The van der Waals surface area contributed by atoms with Crippen LogP contribution in [0.3, 0.4) is 0 Å². The molecule has 146 valence electrons. The van der Waals surface area contributed by atoms with Gasteiger partial charge in [-0.2, -0.15) is 0 Å². The Hall–Kier alpha value is -3.31. The fraction of sp³-hybridized carbons (Fsp3) is 0.167. The Bertz CT molecular complexity index is 1040. The van der Waals surface area contributed by atoms with E-state index in [9.17, 15) is 19.1 Å². The molecule has 2 amide bonds. The first-order valence-corrected chi connectivity index (χ1v) is 9.41. The molecule has 4 rings (SSSR count). The van der Waals surface area contributed by atoms with Crippen molar-refractivity contribution in [3.05, 3.63) is 95.3 Å². The number of hydrogen-bond donors (Lipinski definition) is 1. The number of rotatable bonds is 5. The van der Waals surface area contributed by atoms with Crippen molar-refractivity contribution in [2.24, 2.45) is 0 Å². The van der Waals surface area contributed by atoms with E-state index in [1.807, 2.05) is 12.1 Å². The van der Waals surface area contributed by atoms with Gasteiger partial charge in [0.1, 0.15) is 5.82 Å². The fourth-order valence-corrected chi connectivity index (χ4v) is 3.58. The third-order valence-corrected chi connectivity index (χ3v) is 5.38. The van der Waals surface area contributed by atoms with E-state index >= 15 is 0 Å². The number of benzene rings is 3. The van der Waals surface area contributed by atoms with E-state index in [1.165, 1.54) is 17.0 Å². The van der Waals surface area contributed by atoms with Gasteiger partial charge in [0.05, 0.1) is 16.7 Å². The van der Waals surface area contributed by atoms with Gasteiger partial charge in [0.25, 0.3) is 11.8 Å². The molecule has 29 heavy (non-hydrogen) atoms. The lowest BCUT2D eigenvalue weighted by molar-refractivity contribution is 0.0339. The van der Waals surface area contributed by atoms with E-state index in [1.54, 1.807) is 55.5 Å². The lowest BCUT2D eigenvalue weighted by atomic mass is 9.91. The molecule has 0 radical (unpaired) electrons. The van der Waals surface area contributed by atoms with Crippen LogP contribution >= 0.6 is 0 Å². The van der Waals surface area contributed by atoms with Crippen LogP contribution in [0.1, 0.15) is 39.6 Å². The first-order valence-electron chi connectivity index (χ1n) is 9.41. The summed E-state index contributed by atoms with van der Waals surface area (Å²) >= 11 is 0. The Morgan fingerprint density at radius 3 is 1.83 bits per heavy atom. The summed E-state index contributed by atoms with van der Waals surface area (Å²) in [5.74, 6) is -0.942. The Balaban J connectivity index is 1.47. The summed E-state index contributed by atoms with van der Waals surface area (Å²) in [6.45, 7) is 1.79. The van der Waals surface area contributed by atoms with Crippen LogP contribution in [0.2, 0.25) is 0 Å². The standard InChI is InChI=1S/C24H20FNO3/c1-24(29,14-15-26-22(27)20-4-2-3-5-21(20)23(26)28)18-10-6-16(7-11-18)17-8-12-19(25)13-9-17/h2-13,29H,14-15H2,1H3. The second-order valence-corrected chi connectivity index (χ2v) is 7.42. The van der Waals surface area contributed by atoms with Gasteiger partial charge in [0.2, 0.25) is 0 Å². The smallest absolute Gasteiger partial charge is 0.261 e. The third-order valence-electron chi connectivity index (χ3n) is 5.38. The Morgan fingerprint density at radius 2 is 1.31 bits per heavy atom. The number of amides is 2. The van der Waals surface area contributed by atoms with Gasteiger partial charge in [-0.15, -0.1) is 0 Å². The van der Waals surface area contributed by atoms with E-state index in [4.69, 9.17) is 0 Å². The van der Waals surface area contributed by atoms with Gasteiger partial charge in [0, 0.05) is 6.54 Å². The summed E-state index contributed by atoms with van der Waals surface area (Å²) in [5, 5.41) is 10.9. The second-order valence-electron chi connectivity index (χ2n) is 7.42. The number of carbonyl (C=O) groups excluding carboxylic acids is 2. The minimum atomic E-state index is -1.21. The van der Waals surface area contributed by atoms with Crippen LogP contribution in [0.5, 0.6) is 0 Å². The van der Waals surface area contributed by atoms with Crippen molar-refractivity contribution < 1.29 is 19.1 Å². The summed E-state index contributed by atoms with van der Waals surface area (Å²) in [5.41, 5.74) is 2.06. The van der Waals surface area contributed by atoms with E-state index in [-0.39, 0.29) is 30.6 Å². The maximum Gasteiger partial charge on any atom is 0.261 e. The van der Waals surface area contributed by atoms with Crippen LogP contribution in [-0.2, 0) is 5.60 Å². The maximum atomic E-state index is 13.1. The molecule has 0 saturated carbocycles. The summed E-state index contributed by atoms with van der Waals surface area (Å²) in [7, 11) is 0. The minimum absolute atomic E-state index is 0.124. The summed E-state index contributed by atoms with van der Waals surface area (Å²) < 4.78 is 13.1. The predicted molar refractivity (Wildman–Crippen MR) is 108 cm³/mol. The second kappa shape index (κ2) is 7.26. The highest BCUT2D eigenvalue weighted by Crippen LogP contribution is 2.30. The molecule has 0 aliphatic carbocycles. The quantitative estimate of drug-likeness (QED) is 0.659. The van der Waals surface area contributed by atoms with Gasteiger partial charge >= 0.3 is 0 Å². The van der Waals surface area contributed by atoms with Crippen molar-refractivity contribution in [2.75, 3.05) is 6.54 Å². The van der Waals surface area contributed by atoms with E-state index in [0.717, 1.165) is 11.1 Å². The van der Waals surface area contributed by atoms with E-state index in [2.05, 4.69) is 0 Å². The molecule has 1 N–H and O–H groups in total. The molecule has 3 aromatic carbocycles. The zero-order valence-electron chi connectivity index (χ0n) is 15.9. The first kappa shape index (κ1) is 19.0. The largest absolute Gasteiger partial charge is 0.385 e. The van der Waals surface area contributed by atoms with Crippen LogP contribution in [0.25, 0.3) is 11.1 Å². The highest BCUT2D eigenvalue weighted by Gasteiger charge is 2.36. The van der Waals surface area contributed by atoms with Gasteiger partial charge in [-0.1, -0.05) is 48.5 Å². The zero-order valence-corrected chi connectivity index (χ0v) is 15.9. The molecule has 4 nitrogen and oxygen atoms in total. The van der Waals surface area contributed by atoms with Gasteiger partial charge in [-0.05, 0) is 54.3 Å². The lowest BCUT2D eigenvalue weighted by Gasteiger charge is -2.26. The molecule has 0 fully saturated rings. The summed E-state index contributed by atoms with van der Waals surface area (Å²) in [6, 6.07) is 20.3. The van der Waals surface area contributed by atoms with Crippen molar-refractivity contribution in [3.63, 3.8) is 0 Å². The normalized spacial score (nSPS) is 15.3. The third kappa shape index (κ3) is 3.57.